The molecule has 0 aliphatic heterocycles. The number of rotatable bonds is 2. The summed E-state index contributed by atoms with van der Waals surface area (Å²) in [6, 6.07) is 8.32. The van der Waals surface area contributed by atoms with Gasteiger partial charge in [-0.3, -0.25) is 0 Å². The molecule has 0 bridgehead atoms. The lowest BCUT2D eigenvalue weighted by molar-refractivity contribution is 0.147. The molecular weight excluding hydrogens is 284 g/mol. The van der Waals surface area contributed by atoms with Gasteiger partial charge >= 0.3 is 0 Å². The molecule has 2 aromatic rings. The van der Waals surface area contributed by atoms with E-state index in [1.165, 1.54) is 24.3 Å². The minimum Gasteiger partial charge on any atom is -0.206 e. The zero-order valence-electron chi connectivity index (χ0n) is 8.93. The van der Waals surface area contributed by atoms with Crippen LogP contribution < -0.4 is 0 Å². The Bertz CT molecular complexity index is 562. The molecule has 0 amide bonds. The maximum absolute atomic E-state index is 13.5. The minimum atomic E-state index is -2.94. The van der Waals surface area contributed by atoms with Crippen molar-refractivity contribution in [3.8, 4) is 11.1 Å². The van der Waals surface area contributed by atoms with Crippen LogP contribution in [0.5, 0.6) is 0 Å². The van der Waals surface area contributed by atoms with E-state index in [9.17, 15) is 13.2 Å². The number of hydrogen-bond donors (Lipinski definition) is 0. The molecule has 0 fully saturated rings. The Morgan fingerprint density at radius 2 is 1.44 bits per heavy atom. The monoisotopic (exact) mass is 290 g/mol. The van der Waals surface area contributed by atoms with Gasteiger partial charge < -0.3 is 0 Å². The van der Waals surface area contributed by atoms with Gasteiger partial charge in [0.15, 0.2) is 0 Å². The Kier molecular flexibility index (Phi) is 3.83. The third-order valence-corrected chi connectivity index (χ3v) is 3.13. The molecule has 0 heterocycles. The van der Waals surface area contributed by atoms with Gasteiger partial charge in [-0.1, -0.05) is 41.4 Å². The Labute approximate surface area is 112 Å². The summed E-state index contributed by atoms with van der Waals surface area (Å²) in [4.78, 5) is 0. The summed E-state index contributed by atoms with van der Waals surface area (Å²) in [7, 11) is 0. The average molecular weight is 291 g/mol. The number of benzene rings is 2. The van der Waals surface area contributed by atoms with Crippen molar-refractivity contribution < 1.29 is 13.2 Å². The predicted molar refractivity (Wildman–Crippen MR) is 66.8 cm³/mol. The lowest BCUT2D eigenvalue weighted by atomic mass is 9.99. The number of alkyl halides is 2. The first-order valence-electron chi connectivity index (χ1n) is 5.03. The summed E-state index contributed by atoms with van der Waals surface area (Å²) >= 11 is 11.9. The molecule has 0 aliphatic rings. The minimum absolute atomic E-state index is 0.0144. The van der Waals surface area contributed by atoms with Gasteiger partial charge in [0.2, 0.25) is 0 Å². The van der Waals surface area contributed by atoms with Crippen molar-refractivity contribution >= 4 is 23.2 Å². The molecule has 0 nitrogen and oxygen atoms in total. The highest BCUT2D eigenvalue weighted by Crippen LogP contribution is 2.40. The van der Waals surface area contributed by atoms with Crippen molar-refractivity contribution in [2.75, 3.05) is 0 Å². The summed E-state index contributed by atoms with van der Waals surface area (Å²) in [5.74, 6) is -0.974. The maximum Gasteiger partial charge on any atom is 0.267 e. The van der Waals surface area contributed by atoms with Gasteiger partial charge in [-0.05, 0) is 23.8 Å². The van der Waals surface area contributed by atoms with Crippen LogP contribution in [0.2, 0.25) is 10.0 Å². The lowest BCUT2D eigenvalue weighted by Crippen LogP contribution is -1.96. The molecule has 0 saturated carbocycles. The predicted octanol–water partition coefficient (Wildman–Crippen LogP) is 5.74. The van der Waals surface area contributed by atoms with Gasteiger partial charge in [-0.2, -0.15) is 0 Å². The van der Waals surface area contributed by atoms with Crippen LogP contribution >= 0.6 is 23.2 Å². The molecule has 0 N–H and O–H groups in total. The molecule has 94 valence electrons. The van der Waals surface area contributed by atoms with Gasteiger partial charge in [-0.25, -0.2) is 13.2 Å². The van der Waals surface area contributed by atoms with Crippen LogP contribution in [0, 0.1) is 5.82 Å². The summed E-state index contributed by atoms with van der Waals surface area (Å²) in [6.07, 6.45) is -2.94. The second-order valence-electron chi connectivity index (χ2n) is 3.60. The van der Waals surface area contributed by atoms with Crippen LogP contribution in [0.15, 0.2) is 36.4 Å². The Balaban J connectivity index is 2.76. The van der Waals surface area contributed by atoms with E-state index in [0.717, 1.165) is 6.07 Å². The topological polar surface area (TPSA) is 0 Å². The van der Waals surface area contributed by atoms with Gasteiger partial charge in [-0.15, -0.1) is 0 Å². The van der Waals surface area contributed by atoms with E-state index >= 15 is 0 Å². The summed E-state index contributed by atoms with van der Waals surface area (Å²) in [5, 5.41) is 0.407. The van der Waals surface area contributed by atoms with E-state index in [-0.39, 0.29) is 21.2 Å². The van der Waals surface area contributed by atoms with Gasteiger partial charge in [0.1, 0.15) is 5.82 Å². The van der Waals surface area contributed by atoms with Crippen molar-refractivity contribution in [3.05, 3.63) is 57.8 Å². The zero-order chi connectivity index (χ0) is 13.3. The summed E-state index contributed by atoms with van der Waals surface area (Å²) in [5.41, 5.74) is -0.455. The van der Waals surface area contributed by atoms with Crippen LogP contribution in [0.1, 0.15) is 12.0 Å². The second kappa shape index (κ2) is 5.21. The molecule has 2 aromatic carbocycles. The van der Waals surface area contributed by atoms with Crippen LogP contribution in [-0.4, -0.2) is 0 Å². The zero-order valence-corrected chi connectivity index (χ0v) is 10.4. The third-order valence-electron chi connectivity index (χ3n) is 2.50. The smallest absolute Gasteiger partial charge is 0.206 e. The molecule has 0 unspecified atom stereocenters. The van der Waals surface area contributed by atoms with Crippen LogP contribution in [-0.2, 0) is 0 Å². The number of halogens is 5. The van der Waals surface area contributed by atoms with Gasteiger partial charge in [0, 0.05) is 15.6 Å². The van der Waals surface area contributed by atoms with Crippen molar-refractivity contribution in [3.63, 3.8) is 0 Å². The second-order valence-corrected chi connectivity index (χ2v) is 4.41. The fourth-order valence-corrected chi connectivity index (χ4v) is 2.33. The molecule has 18 heavy (non-hydrogen) atoms. The summed E-state index contributed by atoms with van der Waals surface area (Å²) in [6.45, 7) is 0. The molecule has 0 saturated heterocycles. The molecule has 0 aliphatic carbocycles. The van der Waals surface area contributed by atoms with E-state index in [0.29, 0.717) is 0 Å². The Morgan fingerprint density at radius 3 is 2.00 bits per heavy atom. The first-order chi connectivity index (χ1) is 8.52. The third kappa shape index (κ3) is 2.33. The molecule has 2 rings (SSSR count). The highest BCUT2D eigenvalue weighted by Gasteiger charge is 2.21. The number of hydrogen-bond acceptors (Lipinski definition) is 0. The fourth-order valence-electron chi connectivity index (χ4n) is 1.73. The molecule has 0 atom stereocenters. The molecule has 0 radical (unpaired) electrons. The first-order valence-corrected chi connectivity index (χ1v) is 5.79. The van der Waals surface area contributed by atoms with E-state index < -0.39 is 17.8 Å². The highest BCUT2D eigenvalue weighted by atomic mass is 35.5. The normalized spacial score (nSPS) is 11.0. The fraction of sp³-hybridized carbons (Fsp3) is 0.0769. The first kappa shape index (κ1) is 13.2. The van der Waals surface area contributed by atoms with E-state index in [1.54, 1.807) is 6.07 Å². The SMILES string of the molecule is Fc1cccc(-c2c(Cl)cccc2Cl)c1C(F)F. The Hall–Kier alpha value is -1.19. The lowest BCUT2D eigenvalue weighted by Gasteiger charge is -2.12. The van der Waals surface area contributed by atoms with Crippen LogP contribution in [0.4, 0.5) is 13.2 Å². The van der Waals surface area contributed by atoms with E-state index in [2.05, 4.69) is 0 Å². The summed E-state index contributed by atoms with van der Waals surface area (Å²) < 4.78 is 39.3. The molecule has 5 heteroatoms. The van der Waals surface area contributed by atoms with Crippen LogP contribution in [0.3, 0.4) is 0 Å². The largest absolute Gasteiger partial charge is 0.267 e. The van der Waals surface area contributed by atoms with E-state index in [4.69, 9.17) is 23.2 Å². The quantitative estimate of drug-likeness (QED) is 0.662. The van der Waals surface area contributed by atoms with Gasteiger partial charge in [0.05, 0.1) is 5.56 Å². The maximum atomic E-state index is 13.5. The Morgan fingerprint density at radius 1 is 0.889 bits per heavy atom. The standard InChI is InChI=1S/C13H7Cl2F3/c14-8-4-2-5-9(15)11(8)7-3-1-6-10(16)12(7)13(17)18/h1-6,13H. The molecule has 0 spiro atoms. The van der Waals surface area contributed by atoms with Crippen molar-refractivity contribution in [2.45, 2.75) is 6.43 Å². The van der Waals surface area contributed by atoms with Crippen molar-refractivity contribution in [1.29, 1.82) is 0 Å². The van der Waals surface area contributed by atoms with Crippen molar-refractivity contribution in [2.24, 2.45) is 0 Å². The van der Waals surface area contributed by atoms with E-state index in [1.807, 2.05) is 0 Å². The molecule has 0 aromatic heterocycles. The highest BCUT2D eigenvalue weighted by molar-refractivity contribution is 6.39. The van der Waals surface area contributed by atoms with Crippen LogP contribution in [0.25, 0.3) is 11.1 Å². The molecular formula is C13H7Cl2F3. The van der Waals surface area contributed by atoms with Gasteiger partial charge in [0.25, 0.3) is 6.43 Å². The average Bonchev–Trinajstić information content (AvgIpc) is 2.28. The van der Waals surface area contributed by atoms with Crippen molar-refractivity contribution in [1.82, 2.24) is 0 Å².